The van der Waals surface area contributed by atoms with E-state index in [1.165, 1.54) is 32.6 Å². The number of benzene rings is 2. The van der Waals surface area contributed by atoms with Crippen molar-refractivity contribution in [1.82, 2.24) is 0 Å². The first-order valence-electron chi connectivity index (χ1n) is 11.5. The van der Waals surface area contributed by atoms with Crippen molar-refractivity contribution in [3.63, 3.8) is 0 Å². The molecule has 0 saturated heterocycles. The fraction of sp³-hybridized carbons (Fsp3) is 0.500. The van der Waals surface area contributed by atoms with Gasteiger partial charge in [-0.3, -0.25) is 0 Å². The monoisotopic (exact) mass is 420 g/mol. The number of hydrogen-bond acceptors (Lipinski definition) is 1. The van der Waals surface area contributed by atoms with Crippen LogP contribution in [0.3, 0.4) is 0 Å². The fourth-order valence-corrected chi connectivity index (χ4v) is 7.62. The summed E-state index contributed by atoms with van der Waals surface area (Å²) < 4.78 is 6.21. The highest BCUT2D eigenvalue weighted by molar-refractivity contribution is 7.01. The van der Waals surface area contributed by atoms with Crippen LogP contribution in [0.5, 0.6) is 5.75 Å². The van der Waals surface area contributed by atoms with Crippen LogP contribution < -0.4 is 15.1 Å². The molecule has 0 N–H and O–H groups in total. The molecule has 1 aliphatic rings. The Morgan fingerprint density at radius 2 is 1.60 bits per heavy atom. The minimum Gasteiger partial charge on any atom is -0.497 e. The van der Waals surface area contributed by atoms with Crippen LogP contribution in [0.1, 0.15) is 76.6 Å². The van der Waals surface area contributed by atoms with Gasteiger partial charge in [0.2, 0.25) is 0 Å². The van der Waals surface area contributed by atoms with E-state index in [9.17, 15) is 0 Å². The number of allylic oxidation sites excluding steroid dienone is 1. The first kappa shape index (κ1) is 22.9. The third-order valence-electron chi connectivity index (χ3n) is 7.74. The molecule has 2 aromatic rings. The maximum absolute atomic E-state index is 6.21. The summed E-state index contributed by atoms with van der Waals surface area (Å²) in [4.78, 5) is 0. The molecule has 2 aromatic carbocycles. The Bertz CT molecular complexity index is 963. The molecule has 0 spiro atoms. The average molecular weight is 421 g/mol. The third kappa shape index (κ3) is 3.80. The standard InChI is InChI=1S/C28H40OSi/c1-10-27(3,4)21-18-23(28(5,6)11-2)26(29-7)25(19-21)30(8,9)24-17-13-15-20-14-12-16-22(20)24/h12-13,15-19H,10-11,14H2,1-9H3. The third-order valence-corrected chi connectivity index (χ3v) is 11.2. The van der Waals surface area contributed by atoms with Crippen LogP contribution in [-0.4, -0.2) is 15.2 Å². The molecule has 0 radical (unpaired) electrons. The molecular weight excluding hydrogens is 380 g/mol. The molecule has 0 aromatic heterocycles. The lowest BCUT2D eigenvalue weighted by molar-refractivity contribution is 0.390. The first-order chi connectivity index (χ1) is 14.0. The van der Waals surface area contributed by atoms with Gasteiger partial charge in [0.25, 0.3) is 0 Å². The minimum absolute atomic E-state index is 0.0724. The van der Waals surface area contributed by atoms with Gasteiger partial charge < -0.3 is 4.74 Å². The predicted molar refractivity (Wildman–Crippen MR) is 136 cm³/mol. The van der Waals surface area contributed by atoms with Crippen LogP contribution in [0.25, 0.3) is 6.08 Å². The van der Waals surface area contributed by atoms with Crippen LogP contribution in [0, 0.1) is 0 Å². The van der Waals surface area contributed by atoms with Crippen molar-refractivity contribution in [2.24, 2.45) is 0 Å². The summed E-state index contributed by atoms with van der Waals surface area (Å²) in [6, 6.07) is 11.8. The van der Waals surface area contributed by atoms with Crippen molar-refractivity contribution in [1.29, 1.82) is 0 Å². The van der Waals surface area contributed by atoms with E-state index in [1.54, 1.807) is 0 Å². The number of fused-ring (bicyclic) bond motifs is 1. The Morgan fingerprint density at radius 1 is 0.933 bits per heavy atom. The summed E-state index contributed by atoms with van der Waals surface area (Å²) in [7, 11) is -0.140. The van der Waals surface area contributed by atoms with Gasteiger partial charge in [-0.2, -0.15) is 0 Å². The van der Waals surface area contributed by atoms with E-state index in [-0.39, 0.29) is 10.8 Å². The van der Waals surface area contributed by atoms with E-state index < -0.39 is 8.07 Å². The summed E-state index contributed by atoms with van der Waals surface area (Å²) in [6.07, 6.45) is 7.91. The molecule has 3 rings (SSSR count). The summed E-state index contributed by atoms with van der Waals surface area (Å²) >= 11 is 0. The molecule has 30 heavy (non-hydrogen) atoms. The highest BCUT2D eigenvalue weighted by Gasteiger charge is 2.37. The van der Waals surface area contributed by atoms with Crippen LogP contribution in [0.15, 0.2) is 36.4 Å². The zero-order valence-corrected chi connectivity index (χ0v) is 21.6. The SMILES string of the molecule is CCC(C)(C)c1cc(C(C)(C)CC)c(OC)c([Si](C)(C)c2cccc3c2C=CC3)c1. The second-order valence-corrected chi connectivity index (χ2v) is 15.0. The second kappa shape index (κ2) is 8.03. The lowest BCUT2D eigenvalue weighted by atomic mass is 9.76. The molecule has 0 bridgehead atoms. The first-order valence-corrected chi connectivity index (χ1v) is 14.5. The smallest absolute Gasteiger partial charge is 0.122 e. The maximum atomic E-state index is 6.21. The molecular formula is C28H40OSi. The molecule has 1 nitrogen and oxygen atoms in total. The predicted octanol–water partition coefficient (Wildman–Crippen LogP) is 6.46. The highest BCUT2D eigenvalue weighted by atomic mass is 28.3. The molecule has 1 aliphatic carbocycles. The largest absolute Gasteiger partial charge is 0.497 e. The van der Waals surface area contributed by atoms with E-state index in [0.717, 1.165) is 25.0 Å². The Hall–Kier alpha value is -1.80. The van der Waals surface area contributed by atoms with E-state index in [0.29, 0.717) is 0 Å². The van der Waals surface area contributed by atoms with Gasteiger partial charge in [-0.25, -0.2) is 0 Å². The average Bonchev–Trinajstić information content (AvgIpc) is 3.21. The topological polar surface area (TPSA) is 9.23 Å². The second-order valence-electron chi connectivity index (χ2n) is 10.7. The van der Waals surface area contributed by atoms with Gasteiger partial charge in [0, 0.05) is 0 Å². The van der Waals surface area contributed by atoms with Crippen LogP contribution in [0.4, 0.5) is 0 Å². The molecule has 2 heteroatoms. The normalized spacial score (nSPS) is 14.2. The van der Waals surface area contributed by atoms with Gasteiger partial charge >= 0.3 is 0 Å². The van der Waals surface area contributed by atoms with Crippen molar-refractivity contribution < 1.29 is 4.74 Å². The zero-order valence-electron chi connectivity index (χ0n) is 20.6. The summed E-state index contributed by atoms with van der Waals surface area (Å²) in [5.41, 5.74) is 5.94. The van der Waals surface area contributed by atoms with Crippen molar-refractivity contribution in [3.8, 4) is 5.75 Å². The maximum Gasteiger partial charge on any atom is 0.122 e. The van der Waals surface area contributed by atoms with Crippen molar-refractivity contribution in [2.45, 2.75) is 84.7 Å². The summed E-state index contributed by atoms with van der Waals surface area (Å²) in [5.74, 6) is 1.12. The van der Waals surface area contributed by atoms with Gasteiger partial charge in [-0.1, -0.05) is 97.1 Å². The Kier molecular flexibility index (Phi) is 6.13. The molecule has 0 saturated carbocycles. The van der Waals surface area contributed by atoms with Crippen LogP contribution in [0.2, 0.25) is 13.1 Å². The summed E-state index contributed by atoms with van der Waals surface area (Å²) in [5, 5.41) is 2.97. The van der Waals surface area contributed by atoms with Gasteiger partial charge in [-0.05, 0) is 62.7 Å². The van der Waals surface area contributed by atoms with Gasteiger partial charge in [0.15, 0.2) is 0 Å². The number of hydrogen-bond donors (Lipinski definition) is 0. The van der Waals surface area contributed by atoms with Crippen molar-refractivity contribution >= 4 is 24.5 Å². The number of rotatable bonds is 7. The Balaban J connectivity index is 2.35. The molecule has 162 valence electrons. The highest BCUT2D eigenvalue weighted by Crippen LogP contribution is 2.38. The van der Waals surface area contributed by atoms with E-state index in [2.05, 4.69) is 97.1 Å². The van der Waals surface area contributed by atoms with E-state index in [4.69, 9.17) is 4.74 Å². The Morgan fingerprint density at radius 3 is 2.20 bits per heavy atom. The molecule has 0 aliphatic heterocycles. The van der Waals surface area contributed by atoms with Gasteiger partial charge in [0.05, 0.1) is 7.11 Å². The number of ether oxygens (including phenoxy) is 1. The fourth-order valence-electron chi connectivity index (χ4n) is 4.58. The van der Waals surface area contributed by atoms with Crippen LogP contribution in [-0.2, 0) is 17.3 Å². The minimum atomic E-state index is -2.00. The molecule has 0 unspecified atom stereocenters. The van der Waals surface area contributed by atoms with Crippen molar-refractivity contribution in [2.75, 3.05) is 7.11 Å². The van der Waals surface area contributed by atoms with Crippen molar-refractivity contribution in [3.05, 3.63) is 58.7 Å². The van der Waals surface area contributed by atoms with Crippen LogP contribution >= 0.6 is 0 Å². The number of methoxy groups -OCH3 is 1. The van der Waals surface area contributed by atoms with Gasteiger partial charge in [-0.15, -0.1) is 0 Å². The van der Waals surface area contributed by atoms with Gasteiger partial charge in [0.1, 0.15) is 13.8 Å². The lowest BCUT2D eigenvalue weighted by Crippen LogP contribution is -2.55. The quantitative estimate of drug-likeness (QED) is 0.467. The molecule has 0 atom stereocenters. The van der Waals surface area contributed by atoms with E-state index >= 15 is 0 Å². The lowest BCUT2D eigenvalue weighted by Gasteiger charge is -2.35. The zero-order chi connectivity index (χ0) is 22.3. The summed E-state index contributed by atoms with van der Waals surface area (Å²) in [6.45, 7) is 19.0. The van der Waals surface area contributed by atoms with E-state index in [1.807, 2.05) is 7.11 Å². The molecule has 0 fully saturated rings. The molecule has 0 heterocycles. The molecule has 0 amide bonds. The Labute approximate surface area is 185 Å².